The number of anilines is 1. The molecule has 5 nitrogen and oxygen atoms in total. The van der Waals surface area contributed by atoms with E-state index in [9.17, 15) is 9.59 Å². The maximum absolute atomic E-state index is 12.9. The molecule has 0 bridgehead atoms. The number of carbonyl (C=O) groups is 2. The molecular formula is C20H28ClN3O2. The second kappa shape index (κ2) is 7.97. The summed E-state index contributed by atoms with van der Waals surface area (Å²) in [5, 5.41) is 6.37. The highest BCUT2D eigenvalue weighted by atomic mass is 35.5. The van der Waals surface area contributed by atoms with Crippen molar-refractivity contribution in [2.24, 2.45) is 17.3 Å². The van der Waals surface area contributed by atoms with Crippen molar-refractivity contribution in [2.75, 3.05) is 31.5 Å². The highest BCUT2D eigenvalue weighted by molar-refractivity contribution is 5.93. The molecule has 2 amide bonds. The first kappa shape index (κ1) is 19.2. The molecule has 2 heterocycles. The summed E-state index contributed by atoms with van der Waals surface area (Å²) in [6, 6.07) is 9.56. The van der Waals surface area contributed by atoms with Crippen LogP contribution in [0.3, 0.4) is 0 Å². The van der Waals surface area contributed by atoms with Crippen LogP contribution in [0.5, 0.6) is 0 Å². The van der Waals surface area contributed by atoms with Crippen LogP contribution in [0.2, 0.25) is 0 Å². The number of amides is 2. The number of para-hydroxylation sites is 1. The van der Waals surface area contributed by atoms with E-state index in [1.165, 1.54) is 0 Å². The molecule has 0 aromatic heterocycles. The van der Waals surface area contributed by atoms with Crippen LogP contribution in [-0.4, -0.2) is 42.9 Å². The summed E-state index contributed by atoms with van der Waals surface area (Å²) in [5.74, 6) is 0.432. The largest absolute Gasteiger partial charge is 0.342 e. The Hall–Kier alpha value is -1.59. The van der Waals surface area contributed by atoms with E-state index < -0.39 is 0 Å². The van der Waals surface area contributed by atoms with Crippen molar-refractivity contribution >= 4 is 29.9 Å². The summed E-state index contributed by atoms with van der Waals surface area (Å²) in [6.07, 6.45) is 5.07. The fraction of sp³-hybridized carbons (Fsp3) is 0.600. The van der Waals surface area contributed by atoms with E-state index in [4.69, 9.17) is 0 Å². The lowest BCUT2D eigenvalue weighted by molar-refractivity contribution is -0.136. The lowest BCUT2D eigenvalue weighted by Crippen LogP contribution is -2.45. The Labute approximate surface area is 161 Å². The summed E-state index contributed by atoms with van der Waals surface area (Å²) in [7, 11) is 0. The summed E-state index contributed by atoms with van der Waals surface area (Å²) in [6.45, 7) is 3.44. The van der Waals surface area contributed by atoms with E-state index in [2.05, 4.69) is 10.6 Å². The van der Waals surface area contributed by atoms with E-state index in [1.807, 2.05) is 35.2 Å². The van der Waals surface area contributed by atoms with Crippen LogP contribution < -0.4 is 10.6 Å². The third-order valence-electron chi connectivity index (χ3n) is 6.23. The minimum absolute atomic E-state index is 0. The Kier molecular flexibility index (Phi) is 5.88. The average molecular weight is 378 g/mol. The van der Waals surface area contributed by atoms with Crippen molar-refractivity contribution in [1.82, 2.24) is 10.2 Å². The average Bonchev–Trinajstić information content (AvgIpc) is 3.35. The molecule has 26 heavy (non-hydrogen) atoms. The van der Waals surface area contributed by atoms with E-state index in [0.29, 0.717) is 12.5 Å². The Morgan fingerprint density at radius 2 is 1.88 bits per heavy atom. The number of hydrogen-bond donors (Lipinski definition) is 2. The van der Waals surface area contributed by atoms with Gasteiger partial charge >= 0.3 is 0 Å². The van der Waals surface area contributed by atoms with E-state index in [0.717, 1.165) is 57.4 Å². The van der Waals surface area contributed by atoms with Crippen LogP contribution in [0, 0.1) is 17.3 Å². The molecule has 2 unspecified atom stereocenters. The van der Waals surface area contributed by atoms with Gasteiger partial charge in [-0.2, -0.15) is 0 Å². The van der Waals surface area contributed by atoms with Crippen LogP contribution in [0.15, 0.2) is 30.3 Å². The SMILES string of the molecule is Cl.O=C(Nc1ccccc1)C1CCCN(C(=O)C2CC23CCNCC3)C1. The Bertz CT molecular complexity index is 646. The van der Waals surface area contributed by atoms with Gasteiger partial charge < -0.3 is 15.5 Å². The van der Waals surface area contributed by atoms with Gasteiger partial charge in [-0.25, -0.2) is 0 Å². The molecule has 3 fully saturated rings. The van der Waals surface area contributed by atoms with E-state index in [-0.39, 0.29) is 35.6 Å². The maximum Gasteiger partial charge on any atom is 0.229 e. The standard InChI is InChI=1S/C20H27N3O2.ClH/c24-18(22-16-6-2-1-3-7-16)15-5-4-12-23(14-15)19(25)17-13-20(17)8-10-21-11-9-20;/h1-3,6-7,15,17,21H,4-5,8-14H2,(H,22,24);1H. The van der Waals surface area contributed by atoms with Gasteiger partial charge in [-0.15, -0.1) is 12.4 Å². The minimum atomic E-state index is -0.0966. The fourth-order valence-corrected chi connectivity index (χ4v) is 4.55. The van der Waals surface area contributed by atoms with Gasteiger partial charge in [-0.3, -0.25) is 9.59 Å². The zero-order chi connectivity index (χ0) is 17.3. The quantitative estimate of drug-likeness (QED) is 0.851. The van der Waals surface area contributed by atoms with Gasteiger partial charge in [0.1, 0.15) is 0 Å². The number of nitrogens with zero attached hydrogens (tertiary/aromatic N) is 1. The zero-order valence-corrected chi connectivity index (χ0v) is 15.9. The number of benzene rings is 1. The van der Waals surface area contributed by atoms with E-state index in [1.54, 1.807) is 0 Å². The van der Waals surface area contributed by atoms with Gasteiger partial charge in [0.05, 0.1) is 5.92 Å². The molecule has 2 N–H and O–H groups in total. The normalized spacial score (nSPS) is 26.7. The molecule has 2 atom stereocenters. The first-order chi connectivity index (χ1) is 12.2. The van der Waals surface area contributed by atoms with Gasteiger partial charge in [0.25, 0.3) is 0 Å². The highest BCUT2D eigenvalue weighted by Crippen LogP contribution is 2.59. The molecule has 0 radical (unpaired) electrons. The monoisotopic (exact) mass is 377 g/mol. The van der Waals surface area contributed by atoms with Gasteiger partial charge in [0.15, 0.2) is 0 Å². The third-order valence-corrected chi connectivity index (χ3v) is 6.23. The molecule has 1 aromatic rings. The first-order valence-corrected chi connectivity index (χ1v) is 9.53. The van der Waals surface area contributed by atoms with Crippen molar-refractivity contribution in [3.63, 3.8) is 0 Å². The van der Waals surface area contributed by atoms with Gasteiger partial charge in [-0.1, -0.05) is 18.2 Å². The van der Waals surface area contributed by atoms with Crippen molar-refractivity contribution in [1.29, 1.82) is 0 Å². The molecule has 1 aromatic carbocycles. The number of halogens is 1. The summed E-state index contributed by atoms with van der Waals surface area (Å²) in [4.78, 5) is 27.5. The number of rotatable bonds is 3. The highest BCUT2D eigenvalue weighted by Gasteiger charge is 2.58. The molecular weight excluding hydrogens is 350 g/mol. The third kappa shape index (κ3) is 3.89. The van der Waals surface area contributed by atoms with Crippen LogP contribution in [0.1, 0.15) is 32.1 Å². The molecule has 142 valence electrons. The van der Waals surface area contributed by atoms with Gasteiger partial charge in [0, 0.05) is 24.7 Å². The fourth-order valence-electron chi connectivity index (χ4n) is 4.55. The van der Waals surface area contributed by atoms with Crippen LogP contribution >= 0.6 is 12.4 Å². The topological polar surface area (TPSA) is 61.4 Å². The van der Waals surface area contributed by atoms with Crippen LogP contribution in [-0.2, 0) is 9.59 Å². The number of likely N-dealkylation sites (tertiary alicyclic amines) is 1. The second-order valence-electron chi connectivity index (χ2n) is 7.85. The number of piperidine rings is 2. The maximum atomic E-state index is 12.9. The molecule has 1 aliphatic carbocycles. The lowest BCUT2D eigenvalue weighted by atomic mass is 9.90. The van der Waals surface area contributed by atoms with Crippen LogP contribution in [0.25, 0.3) is 0 Å². The van der Waals surface area contributed by atoms with E-state index >= 15 is 0 Å². The molecule has 1 saturated carbocycles. The Balaban J connectivity index is 0.00000196. The predicted molar refractivity (Wildman–Crippen MR) is 104 cm³/mol. The van der Waals surface area contributed by atoms with Crippen LogP contribution in [0.4, 0.5) is 5.69 Å². The predicted octanol–water partition coefficient (Wildman–Crippen LogP) is 2.68. The van der Waals surface area contributed by atoms with Crippen molar-refractivity contribution in [3.05, 3.63) is 30.3 Å². The number of carbonyl (C=O) groups excluding carboxylic acids is 2. The Morgan fingerprint density at radius 3 is 2.62 bits per heavy atom. The Morgan fingerprint density at radius 1 is 1.15 bits per heavy atom. The smallest absolute Gasteiger partial charge is 0.229 e. The zero-order valence-electron chi connectivity index (χ0n) is 15.1. The summed E-state index contributed by atoms with van der Waals surface area (Å²) >= 11 is 0. The molecule has 3 aliphatic rings. The molecule has 6 heteroatoms. The minimum Gasteiger partial charge on any atom is -0.342 e. The number of hydrogen-bond acceptors (Lipinski definition) is 3. The summed E-state index contributed by atoms with van der Waals surface area (Å²) in [5.41, 5.74) is 1.09. The van der Waals surface area contributed by atoms with Gasteiger partial charge in [0.2, 0.25) is 11.8 Å². The number of nitrogens with one attached hydrogen (secondary N) is 2. The summed E-state index contributed by atoms with van der Waals surface area (Å²) < 4.78 is 0. The first-order valence-electron chi connectivity index (χ1n) is 9.53. The lowest BCUT2D eigenvalue weighted by Gasteiger charge is -2.33. The van der Waals surface area contributed by atoms with Crippen molar-refractivity contribution in [2.45, 2.75) is 32.1 Å². The molecule has 4 rings (SSSR count). The molecule has 2 aliphatic heterocycles. The van der Waals surface area contributed by atoms with Crippen molar-refractivity contribution in [3.8, 4) is 0 Å². The van der Waals surface area contributed by atoms with Crippen molar-refractivity contribution < 1.29 is 9.59 Å². The molecule has 1 spiro atoms. The molecule has 2 saturated heterocycles. The van der Waals surface area contributed by atoms with Gasteiger partial charge in [-0.05, 0) is 62.7 Å². The second-order valence-corrected chi connectivity index (χ2v) is 7.85.